The highest BCUT2D eigenvalue weighted by molar-refractivity contribution is 6.37. The normalized spacial score (nSPS) is 11.6. The van der Waals surface area contributed by atoms with E-state index in [0.717, 1.165) is 16.7 Å². The predicted molar refractivity (Wildman–Crippen MR) is 95.8 cm³/mol. The molecule has 0 fully saturated rings. The van der Waals surface area contributed by atoms with Gasteiger partial charge >= 0.3 is 0 Å². The van der Waals surface area contributed by atoms with Crippen LogP contribution in [0.3, 0.4) is 0 Å². The Labute approximate surface area is 156 Å². The summed E-state index contributed by atoms with van der Waals surface area (Å²) < 4.78 is 28.3. The molecular formula is C18H10Cl2F2N2O2. The van der Waals surface area contributed by atoms with Gasteiger partial charge in [0.25, 0.3) is 5.56 Å². The highest BCUT2D eigenvalue weighted by Crippen LogP contribution is 2.27. The van der Waals surface area contributed by atoms with Gasteiger partial charge in [-0.2, -0.15) is 0 Å². The summed E-state index contributed by atoms with van der Waals surface area (Å²) in [5.41, 5.74) is -0.322. The molecule has 8 heteroatoms. The number of halogens is 4. The van der Waals surface area contributed by atoms with Crippen LogP contribution < -0.4 is 5.56 Å². The van der Waals surface area contributed by atoms with Gasteiger partial charge in [-0.1, -0.05) is 34.4 Å². The van der Waals surface area contributed by atoms with Crippen LogP contribution in [0.15, 0.2) is 64.7 Å². The molecule has 0 aliphatic rings. The Balaban J connectivity index is 2.20. The molecule has 0 aliphatic carbocycles. The maximum atomic E-state index is 14.1. The van der Waals surface area contributed by atoms with Crippen molar-refractivity contribution in [2.45, 2.75) is 0 Å². The molecule has 0 saturated heterocycles. The number of oxime groups is 1. The maximum Gasteiger partial charge on any atom is 0.255 e. The van der Waals surface area contributed by atoms with Crippen molar-refractivity contribution in [2.75, 3.05) is 0 Å². The Morgan fingerprint density at radius 3 is 2.35 bits per heavy atom. The van der Waals surface area contributed by atoms with Gasteiger partial charge in [0.15, 0.2) is 0 Å². The molecule has 26 heavy (non-hydrogen) atoms. The van der Waals surface area contributed by atoms with Gasteiger partial charge in [-0.25, -0.2) is 8.78 Å². The van der Waals surface area contributed by atoms with Gasteiger partial charge < -0.3 is 5.21 Å². The second-order valence-electron chi connectivity index (χ2n) is 5.27. The van der Waals surface area contributed by atoms with Gasteiger partial charge in [-0.05, 0) is 30.3 Å². The minimum absolute atomic E-state index is 0.135. The summed E-state index contributed by atoms with van der Waals surface area (Å²) in [6.45, 7) is 0. The molecule has 4 nitrogen and oxygen atoms in total. The molecule has 0 aliphatic heterocycles. The number of benzene rings is 2. The molecule has 3 aromatic rings. The fourth-order valence-corrected chi connectivity index (χ4v) is 3.05. The molecule has 0 radical (unpaired) electrons. The van der Waals surface area contributed by atoms with E-state index in [0.29, 0.717) is 6.07 Å². The van der Waals surface area contributed by atoms with Crippen molar-refractivity contribution in [2.24, 2.45) is 5.16 Å². The average molecular weight is 395 g/mol. The van der Waals surface area contributed by atoms with Crippen LogP contribution in [0.2, 0.25) is 10.0 Å². The quantitative estimate of drug-likeness (QED) is 0.399. The molecule has 0 bridgehead atoms. The summed E-state index contributed by atoms with van der Waals surface area (Å²) in [5.74, 6) is -1.68. The molecule has 1 N–H and O–H groups in total. The molecule has 3 rings (SSSR count). The monoisotopic (exact) mass is 394 g/mol. The van der Waals surface area contributed by atoms with E-state index in [-0.39, 0.29) is 32.6 Å². The van der Waals surface area contributed by atoms with Crippen LogP contribution in [0.1, 0.15) is 11.1 Å². The van der Waals surface area contributed by atoms with Crippen LogP contribution in [0, 0.1) is 11.6 Å². The smallest absolute Gasteiger partial charge is 0.255 e. The van der Waals surface area contributed by atoms with E-state index in [1.807, 2.05) is 0 Å². The molecule has 0 saturated carbocycles. The number of rotatable bonds is 3. The summed E-state index contributed by atoms with van der Waals surface area (Å²) in [4.78, 5) is 12.3. The lowest BCUT2D eigenvalue weighted by Crippen LogP contribution is -2.20. The third-order valence-electron chi connectivity index (χ3n) is 3.65. The second-order valence-corrected chi connectivity index (χ2v) is 6.08. The highest BCUT2D eigenvalue weighted by Gasteiger charge is 2.17. The molecule has 2 aromatic carbocycles. The maximum absolute atomic E-state index is 14.1. The van der Waals surface area contributed by atoms with Crippen molar-refractivity contribution in [3.63, 3.8) is 0 Å². The lowest BCUT2D eigenvalue weighted by Gasteiger charge is -2.12. The van der Waals surface area contributed by atoms with E-state index >= 15 is 0 Å². The summed E-state index contributed by atoms with van der Waals surface area (Å²) in [7, 11) is 0. The van der Waals surface area contributed by atoms with Crippen molar-refractivity contribution in [3.05, 3.63) is 97.9 Å². The number of hydrogen-bond donors (Lipinski definition) is 1. The van der Waals surface area contributed by atoms with Gasteiger partial charge in [0.2, 0.25) is 0 Å². The lowest BCUT2D eigenvalue weighted by molar-refractivity contribution is 0.319. The minimum Gasteiger partial charge on any atom is -0.410 e. The summed E-state index contributed by atoms with van der Waals surface area (Å²) in [6, 6.07) is 10.1. The highest BCUT2D eigenvalue weighted by atomic mass is 35.5. The fraction of sp³-hybridized carbons (Fsp3) is 0. The fourth-order valence-electron chi connectivity index (χ4n) is 2.47. The third-order valence-corrected chi connectivity index (χ3v) is 4.26. The molecule has 0 unspecified atom stereocenters. The van der Waals surface area contributed by atoms with E-state index in [1.165, 1.54) is 18.3 Å². The molecule has 1 heterocycles. The Morgan fingerprint density at radius 2 is 1.73 bits per heavy atom. The second kappa shape index (κ2) is 7.27. The summed E-state index contributed by atoms with van der Waals surface area (Å²) in [5, 5.41) is 12.9. The Hall–Kier alpha value is -2.70. The van der Waals surface area contributed by atoms with Crippen molar-refractivity contribution < 1.29 is 14.0 Å². The number of para-hydroxylation sites is 1. The van der Waals surface area contributed by atoms with Crippen molar-refractivity contribution in [3.8, 4) is 5.69 Å². The van der Waals surface area contributed by atoms with Crippen LogP contribution in [-0.4, -0.2) is 15.5 Å². The van der Waals surface area contributed by atoms with Crippen molar-refractivity contribution in [1.29, 1.82) is 0 Å². The molecule has 1 aromatic heterocycles. The Bertz CT molecular complexity index is 1060. The van der Waals surface area contributed by atoms with Crippen LogP contribution >= 0.6 is 23.2 Å². The SMILES string of the molecule is O=c1ccc(/C(=N\O)c2ccc(F)cc2F)cn1-c1c(Cl)cccc1Cl. The predicted octanol–water partition coefficient (Wildman–Crippen LogP) is 4.65. The number of aromatic nitrogens is 1. The van der Waals surface area contributed by atoms with E-state index < -0.39 is 17.2 Å². The van der Waals surface area contributed by atoms with E-state index in [1.54, 1.807) is 18.2 Å². The topological polar surface area (TPSA) is 54.6 Å². The van der Waals surface area contributed by atoms with Crippen molar-refractivity contribution in [1.82, 2.24) is 4.57 Å². The van der Waals surface area contributed by atoms with E-state index in [9.17, 15) is 18.8 Å². The first-order valence-electron chi connectivity index (χ1n) is 7.27. The first kappa shape index (κ1) is 18.1. The zero-order valence-electron chi connectivity index (χ0n) is 13.0. The standard InChI is InChI=1S/C18H10Cl2F2N2O2/c19-13-2-1-3-14(20)18(13)24-9-10(4-7-16(24)25)17(23-26)12-6-5-11(21)8-15(12)22/h1-9,26H/b23-17+. The molecule has 0 atom stereocenters. The van der Waals surface area contributed by atoms with Gasteiger partial charge in [0.05, 0.1) is 15.7 Å². The third kappa shape index (κ3) is 3.34. The number of hydrogen-bond acceptors (Lipinski definition) is 3. The molecular weight excluding hydrogens is 385 g/mol. The lowest BCUT2D eigenvalue weighted by atomic mass is 10.0. The molecule has 132 valence electrons. The minimum atomic E-state index is -0.911. The van der Waals surface area contributed by atoms with Gasteiger partial charge in [-0.3, -0.25) is 9.36 Å². The van der Waals surface area contributed by atoms with Crippen molar-refractivity contribution >= 4 is 28.9 Å². The average Bonchev–Trinajstić information content (AvgIpc) is 2.59. The molecule has 0 amide bonds. The largest absolute Gasteiger partial charge is 0.410 e. The van der Waals surface area contributed by atoms with Crippen LogP contribution in [0.25, 0.3) is 5.69 Å². The summed E-state index contributed by atoms with van der Waals surface area (Å²) in [6.07, 6.45) is 1.31. The van der Waals surface area contributed by atoms with Crippen LogP contribution in [0.4, 0.5) is 8.78 Å². The summed E-state index contributed by atoms with van der Waals surface area (Å²) >= 11 is 12.3. The van der Waals surface area contributed by atoms with Crippen LogP contribution in [-0.2, 0) is 0 Å². The van der Waals surface area contributed by atoms with E-state index in [4.69, 9.17) is 23.2 Å². The van der Waals surface area contributed by atoms with Crippen LogP contribution in [0.5, 0.6) is 0 Å². The zero-order chi connectivity index (χ0) is 18.8. The number of nitrogens with zero attached hydrogens (tertiary/aromatic N) is 2. The molecule has 0 spiro atoms. The number of pyridine rings is 1. The first-order chi connectivity index (χ1) is 12.4. The Morgan fingerprint density at radius 1 is 1.04 bits per heavy atom. The van der Waals surface area contributed by atoms with Gasteiger partial charge in [0.1, 0.15) is 17.3 Å². The van der Waals surface area contributed by atoms with Gasteiger partial charge in [-0.15, -0.1) is 0 Å². The Kier molecular flexibility index (Phi) is 5.06. The first-order valence-corrected chi connectivity index (χ1v) is 8.03. The van der Waals surface area contributed by atoms with E-state index in [2.05, 4.69) is 5.16 Å². The zero-order valence-corrected chi connectivity index (χ0v) is 14.5. The van der Waals surface area contributed by atoms with Gasteiger partial charge in [0, 0.05) is 29.5 Å².